The molecule has 2 N–H and O–H groups in total. The number of nitrogens with one attached hydrogen (secondary N) is 2. The van der Waals surface area contributed by atoms with E-state index in [1.165, 1.54) is 5.56 Å². The standard InChI is InChI=1S/C24H33N3O3/c1-18-11-12-20(22(14-18)30-17-21-10-7-13-29-21)15-26-24(25-2)27-16-23(28-3)19-8-5-4-6-9-19/h4-6,8-9,11-12,14,21,23H,7,10,13,15-17H2,1-3H3,(H2,25,26,27). The molecule has 0 radical (unpaired) electrons. The van der Waals surface area contributed by atoms with Crippen LogP contribution >= 0.6 is 0 Å². The molecule has 6 heteroatoms. The third-order valence-electron chi connectivity index (χ3n) is 5.25. The van der Waals surface area contributed by atoms with E-state index in [1.54, 1.807) is 14.2 Å². The summed E-state index contributed by atoms with van der Waals surface area (Å²) >= 11 is 0. The number of aliphatic imine (C=N–C) groups is 1. The van der Waals surface area contributed by atoms with Crippen molar-refractivity contribution in [2.75, 3.05) is 33.9 Å². The number of hydrogen-bond donors (Lipinski definition) is 2. The minimum atomic E-state index is -0.0468. The van der Waals surface area contributed by atoms with Crippen molar-refractivity contribution >= 4 is 5.96 Å². The van der Waals surface area contributed by atoms with Crippen molar-refractivity contribution in [3.05, 3.63) is 65.2 Å². The number of hydrogen-bond acceptors (Lipinski definition) is 4. The Bertz CT molecular complexity index is 805. The van der Waals surface area contributed by atoms with Crippen LogP contribution in [-0.4, -0.2) is 46.0 Å². The number of rotatable bonds is 9. The average molecular weight is 412 g/mol. The molecule has 162 valence electrons. The largest absolute Gasteiger partial charge is 0.491 e. The summed E-state index contributed by atoms with van der Waals surface area (Å²) in [4.78, 5) is 4.34. The van der Waals surface area contributed by atoms with E-state index < -0.39 is 0 Å². The summed E-state index contributed by atoms with van der Waals surface area (Å²) in [5, 5.41) is 6.73. The molecular weight excluding hydrogens is 378 g/mol. The van der Waals surface area contributed by atoms with Gasteiger partial charge in [0, 0.05) is 39.4 Å². The molecule has 1 fully saturated rings. The van der Waals surface area contributed by atoms with Gasteiger partial charge >= 0.3 is 0 Å². The van der Waals surface area contributed by atoms with Crippen LogP contribution in [0.1, 0.15) is 35.6 Å². The van der Waals surface area contributed by atoms with Gasteiger partial charge in [-0.05, 0) is 37.0 Å². The predicted octanol–water partition coefficient (Wildman–Crippen LogP) is 3.61. The molecule has 0 aromatic heterocycles. The molecule has 1 aliphatic heterocycles. The second kappa shape index (κ2) is 11.6. The van der Waals surface area contributed by atoms with Crippen LogP contribution in [0.3, 0.4) is 0 Å². The zero-order valence-electron chi connectivity index (χ0n) is 18.2. The summed E-state index contributed by atoms with van der Waals surface area (Å²) in [6.07, 6.45) is 2.33. The quantitative estimate of drug-likeness (QED) is 0.488. The molecule has 1 aliphatic rings. The number of guanidine groups is 1. The second-order valence-corrected chi connectivity index (χ2v) is 7.50. The SMILES string of the molecule is CN=C(NCc1ccc(C)cc1OCC1CCCO1)NCC(OC)c1ccccc1. The van der Waals surface area contributed by atoms with E-state index in [4.69, 9.17) is 14.2 Å². The molecule has 30 heavy (non-hydrogen) atoms. The lowest BCUT2D eigenvalue weighted by Crippen LogP contribution is -2.39. The van der Waals surface area contributed by atoms with Crippen LogP contribution in [0.15, 0.2) is 53.5 Å². The van der Waals surface area contributed by atoms with Crippen LogP contribution in [0.4, 0.5) is 0 Å². The first-order chi connectivity index (χ1) is 14.7. The van der Waals surface area contributed by atoms with E-state index in [2.05, 4.69) is 52.9 Å². The lowest BCUT2D eigenvalue weighted by atomic mass is 10.1. The molecule has 2 aromatic carbocycles. The molecule has 0 amide bonds. The Morgan fingerprint density at radius 3 is 2.73 bits per heavy atom. The van der Waals surface area contributed by atoms with Crippen LogP contribution in [0.5, 0.6) is 5.75 Å². The molecule has 0 saturated carbocycles. The van der Waals surface area contributed by atoms with Gasteiger partial charge in [0.2, 0.25) is 0 Å². The molecule has 1 heterocycles. The molecule has 0 aliphatic carbocycles. The van der Waals surface area contributed by atoms with Gasteiger partial charge in [-0.15, -0.1) is 0 Å². The minimum absolute atomic E-state index is 0.0468. The lowest BCUT2D eigenvalue weighted by Gasteiger charge is -2.20. The van der Waals surface area contributed by atoms with Crippen molar-refractivity contribution in [2.24, 2.45) is 4.99 Å². The van der Waals surface area contributed by atoms with Gasteiger partial charge < -0.3 is 24.8 Å². The number of aryl methyl sites for hydroxylation is 1. The van der Waals surface area contributed by atoms with Gasteiger partial charge in [-0.25, -0.2) is 0 Å². The Kier molecular flexibility index (Phi) is 8.53. The Hall–Kier alpha value is -2.57. The van der Waals surface area contributed by atoms with E-state index in [9.17, 15) is 0 Å². The van der Waals surface area contributed by atoms with Crippen molar-refractivity contribution in [3.63, 3.8) is 0 Å². The van der Waals surface area contributed by atoms with Crippen LogP contribution < -0.4 is 15.4 Å². The topological polar surface area (TPSA) is 64.1 Å². The van der Waals surface area contributed by atoms with Gasteiger partial charge in [-0.2, -0.15) is 0 Å². The summed E-state index contributed by atoms with van der Waals surface area (Å²) in [5.41, 5.74) is 3.40. The Morgan fingerprint density at radius 2 is 2.03 bits per heavy atom. The van der Waals surface area contributed by atoms with Gasteiger partial charge in [-0.1, -0.05) is 42.5 Å². The van der Waals surface area contributed by atoms with Crippen molar-refractivity contribution < 1.29 is 14.2 Å². The summed E-state index contributed by atoms with van der Waals surface area (Å²) in [6, 6.07) is 16.5. The first-order valence-corrected chi connectivity index (χ1v) is 10.6. The highest BCUT2D eigenvalue weighted by atomic mass is 16.5. The first kappa shape index (κ1) is 22.1. The molecule has 1 saturated heterocycles. The average Bonchev–Trinajstić information content (AvgIpc) is 3.30. The van der Waals surface area contributed by atoms with Crippen LogP contribution in [0.2, 0.25) is 0 Å². The summed E-state index contributed by atoms with van der Waals surface area (Å²) in [7, 11) is 3.49. The Balaban J connectivity index is 1.55. The Morgan fingerprint density at radius 1 is 1.20 bits per heavy atom. The van der Waals surface area contributed by atoms with E-state index in [1.807, 2.05) is 18.2 Å². The van der Waals surface area contributed by atoms with E-state index in [-0.39, 0.29) is 12.2 Å². The fourth-order valence-electron chi connectivity index (χ4n) is 3.49. The van der Waals surface area contributed by atoms with Crippen molar-refractivity contribution in [2.45, 2.75) is 38.5 Å². The Labute approximate surface area is 179 Å². The maximum atomic E-state index is 6.10. The molecule has 6 nitrogen and oxygen atoms in total. The first-order valence-electron chi connectivity index (χ1n) is 10.6. The van der Waals surface area contributed by atoms with Crippen LogP contribution in [0, 0.1) is 6.92 Å². The summed E-state index contributed by atoms with van der Waals surface area (Å²) < 4.78 is 17.4. The predicted molar refractivity (Wildman–Crippen MR) is 120 cm³/mol. The normalized spacial score (nSPS) is 17.6. The molecule has 0 spiro atoms. The monoisotopic (exact) mass is 411 g/mol. The number of nitrogens with zero attached hydrogens (tertiary/aromatic N) is 1. The number of methoxy groups -OCH3 is 1. The van der Waals surface area contributed by atoms with Gasteiger partial charge in [0.05, 0.1) is 12.2 Å². The van der Waals surface area contributed by atoms with Gasteiger partial charge in [-0.3, -0.25) is 4.99 Å². The molecule has 0 bridgehead atoms. The fourth-order valence-corrected chi connectivity index (χ4v) is 3.49. The second-order valence-electron chi connectivity index (χ2n) is 7.50. The van der Waals surface area contributed by atoms with E-state index in [0.717, 1.165) is 42.3 Å². The fraction of sp³-hybridized carbons (Fsp3) is 0.458. The molecular formula is C24H33N3O3. The summed E-state index contributed by atoms with van der Waals surface area (Å²) in [6.45, 7) is 4.74. The van der Waals surface area contributed by atoms with E-state index >= 15 is 0 Å². The van der Waals surface area contributed by atoms with Crippen molar-refractivity contribution in [1.82, 2.24) is 10.6 Å². The highest BCUT2D eigenvalue weighted by Crippen LogP contribution is 2.22. The lowest BCUT2D eigenvalue weighted by molar-refractivity contribution is 0.0676. The molecule has 2 aromatic rings. The van der Waals surface area contributed by atoms with Crippen LogP contribution in [0.25, 0.3) is 0 Å². The van der Waals surface area contributed by atoms with Crippen LogP contribution in [-0.2, 0) is 16.0 Å². The number of benzene rings is 2. The maximum Gasteiger partial charge on any atom is 0.191 e. The summed E-state index contributed by atoms with van der Waals surface area (Å²) in [5.74, 6) is 1.62. The third kappa shape index (κ3) is 6.47. The zero-order chi connectivity index (χ0) is 21.2. The third-order valence-corrected chi connectivity index (χ3v) is 5.25. The maximum absolute atomic E-state index is 6.10. The smallest absolute Gasteiger partial charge is 0.191 e. The molecule has 2 unspecified atom stereocenters. The minimum Gasteiger partial charge on any atom is -0.491 e. The highest BCUT2D eigenvalue weighted by molar-refractivity contribution is 5.79. The van der Waals surface area contributed by atoms with Crippen molar-refractivity contribution in [1.29, 1.82) is 0 Å². The van der Waals surface area contributed by atoms with E-state index in [0.29, 0.717) is 19.7 Å². The highest BCUT2D eigenvalue weighted by Gasteiger charge is 2.17. The van der Waals surface area contributed by atoms with Gasteiger partial charge in [0.1, 0.15) is 12.4 Å². The number of ether oxygens (including phenoxy) is 3. The van der Waals surface area contributed by atoms with Gasteiger partial charge in [0.25, 0.3) is 0 Å². The molecule has 3 rings (SSSR count). The molecule has 2 atom stereocenters. The van der Waals surface area contributed by atoms with Crippen molar-refractivity contribution in [3.8, 4) is 5.75 Å². The van der Waals surface area contributed by atoms with Gasteiger partial charge in [0.15, 0.2) is 5.96 Å². The zero-order valence-corrected chi connectivity index (χ0v) is 18.2.